The highest BCUT2D eigenvalue weighted by molar-refractivity contribution is 6.02. The number of aliphatic carboxylic acids is 1. The van der Waals surface area contributed by atoms with E-state index in [0.717, 1.165) is 12.1 Å². The number of hydrogen-bond donors (Lipinski definition) is 3. The van der Waals surface area contributed by atoms with Crippen molar-refractivity contribution in [2.45, 2.75) is 31.6 Å². The lowest BCUT2D eigenvalue weighted by molar-refractivity contribution is -0.141. The minimum Gasteiger partial charge on any atom is -0.480 e. The quantitative estimate of drug-likeness (QED) is 0.552. The molecule has 1 amide bonds. The van der Waals surface area contributed by atoms with Crippen molar-refractivity contribution < 1.29 is 32.7 Å². The highest BCUT2D eigenvalue weighted by Gasteiger charge is 2.30. The molecule has 1 aromatic carbocycles. The number of halogens is 3. The lowest BCUT2D eigenvalue weighted by atomic mass is 10.1. The van der Waals surface area contributed by atoms with Gasteiger partial charge >= 0.3 is 12.1 Å². The second-order valence-corrected chi connectivity index (χ2v) is 6.49. The molecule has 0 fully saturated rings. The highest BCUT2D eigenvalue weighted by Crippen LogP contribution is 2.29. The van der Waals surface area contributed by atoms with Gasteiger partial charge in [-0.05, 0) is 49.2 Å². The van der Waals surface area contributed by atoms with Gasteiger partial charge < -0.3 is 21.1 Å². The summed E-state index contributed by atoms with van der Waals surface area (Å²) in [7, 11) is 0. The van der Waals surface area contributed by atoms with Crippen LogP contribution in [0.25, 0.3) is 0 Å². The van der Waals surface area contributed by atoms with E-state index in [0.29, 0.717) is 12.0 Å². The molecule has 0 aliphatic carbocycles. The van der Waals surface area contributed by atoms with E-state index >= 15 is 0 Å². The summed E-state index contributed by atoms with van der Waals surface area (Å²) in [6, 6.07) is 3.20. The van der Waals surface area contributed by atoms with Crippen molar-refractivity contribution >= 4 is 17.8 Å². The third-order valence-corrected chi connectivity index (χ3v) is 4.35. The first kappa shape index (κ1) is 22.9. The molecule has 160 valence electrons. The molecular weight excluding hydrogens is 403 g/mol. The number of nitrogens with two attached hydrogens (primary N) is 1. The smallest absolute Gasteiger partial charge is 0.416 e. The van der Waals surface area contributed by atoms with Crippen LogP contribution in [0.2, 0.25) is 0 Å². The van der Waals surface area contributed by atoms with Gasteiger partial charge in [-0.25, -0.2) is 9.59 Å². The van der Waals surface area contributed by atoms with Gasteiger partial charge in [0, 0.05) is 12.7 Å². The first-order valence-corrected chi connectivity index (χ1v) is 8.98. The van der Waals surface area contributed by atoms with Crippen LogP contribution in [0.1, 0.15) is 24.0 Å². The molecule has 1 aromatic rings. The SMILES string of the molecule is NCCCC(NC(=O)C1=CC=CN(Cc2ccc(C(F)(F)F)cc2)C1=C=O)C(=O)O. The summed E-state index contributed by atoms with van der Waals surface area (Å²) in [4.78, 5) is 36.7. The molecular formula is C20H20F3N3O4. The third kappa shape index (κ3) is 5.82. The number of carbonyl (C=O) groups is 2. The zero-order chi connectivity index (χ0) is 22.3. The Kier molecular flexibility index (Phi) is 7.57. The van der Waals surface area contributed by atoms with Crippen molar-refractivity contribution in [2.24, 2.45) is 5.73 Å². The number of amides is 1. The molecule has 10 heteroatoms. The summed E-state index contributed by atoms with van der Waals surface area (Å²) in [6.07, 6.45) is 0.312. The van der Waals surface area contributed by atoms with E-state index < -0.39 is 29.7 Å². The second-order valence-electron chi connectivity index (χ2n) is 6.49. The third-order valence-electron chi connectivity index (χ3n) is 4.35. The van der Waals surface area contributed by atoms with E-state index in [1.165, 1.54) is 35.4 Å². The number of allylic oxidation sites excluding steroid dienone is 2. The fraction of sp³-hybridized carbons (Fsp3) is 0.300. The van der Waals surface area contributed by atoms with E-state index in [9.17, 15) is 32.7 Å². The first-order valence-electron chi connectivity index (χ1n) is 8.98. The zero-order valence-corrected chi connectivity index (χ0v) is 15.8. The Labute approximate surface area is 170 Å². The molecule has 0 saturated carbocycles. The Morgan fingerprint density at radius 1 is 1.23 bits per heavy atom. The van der Waals surface area contributed by atoms with Gasteiger partial charge in [-0.2, -0.15) is 13.2 Å². The summed E-state index contributed by atoms with van der Waals surface area (Å²) < 4.78 is 38.1. The van der Waals surface area contributed by atoms with Crippen LogP contribution in [-0.4, -0.2) is 40.4 Å². The van der Waals surface area contributed by atoms with E-state index in [4.69, 9.17) is 5.73 Å². The lowest BCUT2D eigenvalue weighted by Gasteiger charge is -2.26. The van der Waals surface area contributed by atoms with Crippen LogP contribution in [0.4, 0.5) is 13.2 Å². The molecule has 0 radical (unpaired) electrons. The van der Waals surface area contributed by atoms with Crippen LogP contribution >= 0.6 is 0 Å². The van der Waals surface area contributed by atoms with E-state index in [1.807, 2.05) is 0 Å². The molecule has 1 unspecified atom stereocenters. The molecule has 1 atom stereocenters. The predicted octanol–water partition coefficient (Wildman–Crippen LogP) is 1.98. The summed E-state index contributed by atoms with van der Waals surface area (Å²) in [6.45, 7) is 0.269. The van der Waals surface area contributed by atoms with Crippen molar-refractivity contribution in [2.75, 3.05) is 6.54 Å². The number of hydrogen-bond acceptors (Lipinski definition) is 5. The summed E-state index contributed by atoms with van der Waals surface area (Å²) >= 11 is 0. The average molecular weight is 423 g/mol. The average Bonchev–Trinajstić information content (AvgIpc) is 2.70. The Balaban J connectivity index is 2.14. The van der Waals surface area contributed by atoms with E-state index in [-0.39, 0.29) is 30.8 Å². The highest BCUT2D eigenvalue weighted by atomic mass is 19.4. The number of benzene rings is 1. The molecule has 0 bridgehead atoms. The van der Waals surface area contributed by atoms with Crippen molar-refractivity contribution in [3.63, 3.8) is 0 Å². The van der Waals surface area contributed by atoms with Crippen molar-refractivity contribution in [3.05, 3.63) is 65.0 Å². The van der Waals surface area contributed by atoms with Gasteiger partial charge in [0.25, 0.3) is 5.91 Å². The van der Waals surface area contributed by atoms with Gasteiger partial charge in [0.05, 0.1) is 11.1 Å². The maximum Gasteiger partial charge on any atom is 0.416 e. The maximum absolute atomic E-state index is 12.7. The summed E-state index contributed by atoms with van der Waals surface area (Å²) in [5, 5.41) is 11.6. The normalized spacial score (nSPS) is 14.7. The number of nitrogens with zero attached hydrogens (tertiary/aromatic N) is 1. The largest absolute Gasteiger partial charge is 0.480 e. The Morgan fingerprint density at radius 2 is 1.90 bits per heavy atom. The van der Waals surface area contributed by atoms with Crippen LogP contribution in [0.15, 0.2) is 53.9 Å². The fourth-order valence-electron chi connectivity index (χ4n) is 2.79. The second kappa shape index (κ2) is 9.91. The molecule has 1 heterocycles. The van der Waals surface area contributed by atoms with Crippen LogP contribution in [0.3, 0.4) is 0 Å². The van der Waals surface area contributed by atoms with E-state index in [1.54, 1.807) is 5.94 Å². The molecule has 0 saturated heterocycles. The predicted molar refractivity (Wildman–Crippen MR) is 101 cm³/mol. The minimum absolute atomic E-state index is 0.0133. The standard InChI is InChI=1S/C20H20F3N3O4/c21-20(22,23)14-7-5-13(6-8-14)11-26-10-2-3-15(17(26)12-27)18(28)25-16(19(29)30)4-1-9-24/h2-3,5-8,10,16H,1,4,9,11,24H2,(H,25,28)(H,29,30). The Bertz CT molecular complexity index is 901. The molecule has 4 N–H and O–H groups in total. The molecule has 30 heavy (non-hydrogen) atoms. The molecule has 1 aliphatic rings. The minimum atomic E-state index is -4.46. The van der Waals surface area contributed by atoms with E-state index in [2.05, 4.69) is 5.32 Å². The van der Waals surface area contributed by atoms with Gasteiger partial charge in [-0.1, -0.05) is 12.1 Å². The van der Waals surface area contributed by atoms with Crippen LogP contribution in [0.5, 0.6) is 0 Å². The number of carboxylic acids is 1. The molecule has 7 nitrogen and oxygen atoms in total. The lowest BCUT2D eigenvalue weighted by Crippen LogP contribution is -2.43. The van der Waals surface area contributed by atoms with Gasteiger partial charge in [-0.15, -0.1) is 0 Å². The number of nitrogens with one attached hydrogen (secondary N) is 1. The van der Waals surface area contributed by atoms with Gasteiger partial charge in [0.15, 0.2) is 5.94 Å². The fourth-order valence-corrected chi connectivity index (χ4v) is 2.79. The number of carbonyl (C=O) groups excluding carboxylic acids is 2. The van der Waals surface area contributed by atoms with Crippen molar-refractivity contribution in [3.8, 4) is 0 Å². The Hall–Kier alpha value is -3.36. The molecule has 0 spiro atoms. The maximum atomic E-state index is 12.7. The first-order chi connectivity index (χ1) is 14.2. The number of carboxylic acid groups (broad SMARTS) is 1. The summed E-state index contributed by atoms with van der Waals surface area (Å²) in [5.74, 6) is -0.361. The molecule has 1 aliphatic heterocycles. The monoisotopic (exact) mass is 423 g/mol. The van der Waals surface area contributed by atoms with Gasteiger partial charge in [0.1, 0.15) is 11.7 Å². The molecule has 2 rings (SSSR count). The van der Waals surface area contributed by atoms with Gasteiger partial charge in [0.2, 0.25) is 0 Å². The van der Waals surface area contributed by atoms with Crippen LogP contribution in [0, 0.1) is 0 Å². The zero-order valence-electron chi connectivity index (χ0n) is 15.8. The van der Waals surface area contributed by atoms with Gasteiger partial charge in [-0.3, -0.25) is 4.79 Å². The summed E-state index contributed by atoms with van der Waals surface area (Å²) in [5.41, 5.74) is 4.78. The number of rotatable bonds is 8. The van der Waals surface area contributed by atoms with Crippen molar-refractivity contribution in [1.29, 1.82) is 0 Å². The van der Waals surface area contributed by atoms with Crippen LogP contribution < -0.4 is 11.1 Å². The Morgan fingerprint density at radius 3 is 2.43 bits per heavy atom. The van der Waals surface area contributed by atoms with Crippen molar-refractivity contribution in [1.82, 2.24) is 10.2 Å². The topological polar surface area (TPSA) is 113 Å². The molecule has 0 aromatic heterocycles. The number of alkyl halides is 3. The van der Waals surface area contributed by atoms with Crippen LogP contribution in [-0.2, 0) is 27.1 Å².